The Bertz CT molecular complexity index is 1000. The summed E-state index contributed by atoms with van der Waals surface area (Å²) in [6.45, 7) is 0.650. The molecule has 0 aliphatic rings. The molecule has 0 aliphatic carbocycles. The van der Waals surface area contributed by atoms with Gasteiger partial charge in [-0.25, -0.2) is 0 Å². The molecule has 154 valence electrons. The first-order valence-corrected chi connectivity index (χ1v) is 10.5. The van der Waals surface area contributed by atoms with Gasteiger partial charge in [0.25, 0.3) is 11.8 Å². The highest BCUT2D eigenvalue weighted by Crippen LogP contribution is 2.13. The Morgan fingerprint density at radius 3 is 2.13 bits per heavy atom. The van der Waals surface area contributed by atoms with Gasteiger partial charge in [-0.3, -0.25) is 14.4 Å². The fourth-order valence-electron chi connectivity index (χ4n) is 2.65. The van der Waals surface area contributed by atoms with Crippen LogP contribution >= 0.6 is 22.9 Å². The third-order valence-electron chi connectivity index (χ3n) is 4.15. The molecule has 1 heterocycles. The number of amides is 3. The van der Waals surface area contributed by atoms with Gasteiger partial charge in [0.2, 0.25) is 5.91 Å². The monoisotopic (exact) mass is 441 g/mol. The van der Waals surface area contributed by atoms with Crippen molar-refractivity contribution < 1.29 is 14.4 Å². The maximum Gasteiger partial charge on any atom is 0.261 e. The highest BCUT2D eigenvalue weighted by Gasteiger charge is 2.09. The van der Waals surface area contributed by atoms with Crippen LogP contribution in [0, 0.1) is 0 Å². The Kier molecular flexibility index (Phi) is 7.59. The molecule has 0 saturated heterocycles. The lowest BCUT2D eigenvalue weighted by atomic mass is 10.1. The Balaban J connectivity index is 1.41. The third kappa shape index (κ3) is 6.43. The van der Waals surface area contributed by atoms with Crippen LogP contribution in [0.5, 0.6) is 0 Å². The van der Waals surface area contributed by atoms with Crippen molar-refractivity contribution in [2.75, 3.05) is 18.4 Å². The number of hydrogen-bond acceptors (Lipinski definition) is 4. The van der Waals surface area contributed by atoms with E-state index in [1.54, 1.807) is 54.6 Å². The number of anilines is 1. The average molecular weight is 442 g/mol. The fraction of sp³-hybridized carbons (Fsp3) is 0.136. The van der Waals surface area contributed by atoms with Crippen molar-refractivity contribution in [3.63, 3.8) is 0 Å². The van der Waals surface area contributed by atoms with Crippen molar-refractivity contribution in [3.05, 3.63) is 87.1 Å². The van der Waals surface area contributed by atoms with E-state index >= 15 is 0 Å². The molecule has 1 aromatic heterocycles. The summed E-state index contributed by atoms with van der Waals surface area (Å²) in [7, 11) is 0. The molecular formula is C22H20ClN3O3S. The minimum atomic E-state index is -0.251. The standard InChI is InChI=1S/C22H20ClN3O3S/c23-17-7-3-15(4-8-17)14-20(27)26-18-9-5-16(6-10-18)21(28)24-11-12-25-22(29)19-2-1-13-30-19/h1-10,13H,11-12,14H2,(H,24,28)(H,25,29)(H,26,27). The Labute approximate surface area is 183 Å². The molecule has 0 atom stereocenters. The summed E-state index contributed by atoms with van der Waals surface area (Å²) in [4.78, 5) is 36.8. The van der Waals surface area contributed by atoms with Crippen LogP contribution in [-0.4, -0.2) is 30.8 Å². The zero-order valence-electron chi connectivity index (χ0n) is 16.0. The number of rotatable bonds is 8. The lowest BCUT2D eigenvalue weighted by Gasteiger charge is -2.08. The van der Waals surface area contributed by atoms with Crippen molar-refractivity contribution in [2.45, 2.75) is 6.42 Å². The van der Waals surface area contributed by atoms with Gasteiger partial charge in [-0.1, -0.05) is 29.8 Å². The highest BCUT2D eigenvalue weighted by molar-refractivity contribution is 7.12. The number of carbonyl (C=O) groups excluding carboxylic acids is 3. The van der Waals surface area contributed by atoms with Crippen molar-refractivity contribution in [1.29, 1.82) is 0 Å². The number of hydrogen-bond donors (Lipinski definition) is 3. The molecule has 3 rings (SSSR count). The number of halogens is 1. The topological polar surface area (TPSA) is 87.3 Å². The van der Waals surface area contributed by atoms with E-state index in [1.165, 1.54) is 11.3 Å². The van der Waals surface area contributed by atoms with Crippen LogP contribution in [-0.2, 0) is 11.2 Å². The van der Waals surface area contributed by atoms with Crippen LogP contribution in [0.3, 0.4) is 0 Å². The van der Waals surface area contributed by atoms with Crippen LogP contribution in [0.25, 0.3) is 0 Å². The summed E-state index contributed by atoms with van der Waals surface area (Å²) in [6.07, 6.45) is 0.233. The van der Waals surface area contributed by atoms with Gasteiger partial charge >= 0.3 is 0 Å². The Morgan fingerprint density at radius 2 is 1.50 bits per heavy atom. The Hall–Kier alpha value is -3.16. The first-order chi connectivity index (χ1) is 14.5. The summed E-state index contributed by atoms with van der Waals surface area (Å²) in [6, 6.07) is 17.3. The van der Waals surface area contributed by atoms with Gasteiger partial charge in [0.05, 0.1) is 11.3 Å². The summed E-state index contributed by atoms with van der Waals surface area (Å²) in [5, 5.41) is 10.8. The van der Waals surface area contributed by atoms with Crippen molar-refractivity contribution in [2.24, 2.45) is 0 Å². The molecule has 0 unspecified atom stereocenters. The van der Waals surface area contributed by atoms with Gasteiger partial charge in [-0.2, -0.15) is 0 Å². The lowest BCUT2D eigenvalue weighted by Crippen LogP contribution is -2.34. The van der Waals surface area contributed by atoms with Gasteiger partial charge in [0, 0.05) is 29.4 Å². The maximum atomic E-state index is 12.2. The van der Waals surface area contributed by atoms with E-state index in [1.807, 2.05) is 11.4 Å². The molecule has 0 fully saturated rings. The largest absolute Gasteiger partial charge is 0.350 e. The van der Waals surface area contributed by atoms with Crippen LogP contribution in [0.4, 0.5) is 5.69 Å². The average Bonchev–Trinajstić information content (AvgIpc) is 3.28. The molecule has 30 heavy (non-hydrogen) atoms. The molecule has 0 radical (unpaired) electrons. The number of benzene rings is 2. The second-order valence-corrected chi connectivity index (χ2v) is 7.80. The van der Waals surface area contributed by atoms with Crippen LogP contribution in [0.2, 0.25) is 5.02 Å². The molecule has 2 aromatic carbocycles. The predicted molar refractivity (Wildman–Crippen MR) is 119 cm³/mol. The van der Waals surface area contributed by atoms with Crippen LogP contribution < -0.4 is 16.0 Å². The zero-order chi connectivity index (χ0) is 21.3. The highest BCUT2D eigenvalue weighted by atomic mass is 35.5. The van der Waals surface area contributed by atoms with Gasteiger partial charge in [0.1, 0.15) is 0 Å². The molecule has 0 aliphatic heterocycles. The van der Waals surface area contributed by atoms with E-state index in [2.05, 4.69) is 16.0 Å². The Morgan fingerprint density at radius 1 is 0.833 bits per heavy atom. The molecule has 6 nitrogen and oxygen atoms in total. The van der Waals surface area contributed by atoms with E-state index in [9.17, 15) is 14.4 Å². The van der Waals surface area contributed by atoms with E-state index in [0.29, 0.717) is 34.2 Å². The van der Waals surface area contributed by atoms with Gasteiger partial charge < -0.3 is 16.0 Å². The van der Waals surface area contributed by atoms with E-state index in [4.69, 9.17) is 11.6 Å². The normalized spacial score (nSPS) is 10.3. The van der Waals surface area contributed by atoms with Crippen molar-refractivity contribution in [1.82, 2.24) is 10.6 Å². The lowest BCUT2D eigenvalue weighted by molar-refractivity contribution is -0.115. The van der Waals surface area contributed by atoms with Crippen LogP contribution in [0.15, 0.2) is 66.0 Å². The molecule has 0 saturated carbocycles. The molecule has 0 spiro atoms. The fourth-order valence-corrected chi connectivity index (χ4v) is 3.41. The van der Waals surface area contributed by atoms with Gasteiger partial charge in [-0.05, 0) is 53.4 Å². The van der Waals surface area contributed by atoms with Gasteiger partial charge in [-0.15, -0.1) is 11.3 Å². The summed E-state index contributed by atoms with van der Waals surface area (Å²) < 4.78 is 0. The number of thiophene rings is 1. The summed E-state index contributed by atoms with van der Waals surface area (Å²) in [5.41, 5.74) is 1.93. The first kappa shape index (κ1) is 21.5. The van der Waals surface area contributed by atoms with E-state index < -0.39 is 0 Å². The molecule has 3 aromatic rings. The predicted octanol–water partition coefficient (Wildman–Crippen LogP) is 3.74. The molecule has 3 N–H and O–H groups in total. The van der Waals surface area contributed by atoms with Crippen molar-refractivity contribution >= 4 is 46.3 Å². The summed E-state index contributed by atoms with van der Waals surface area (Å²) >= 11 is 7.21. The zero-order valence-corrected chi connectivity index (χ0v) is 17.6. The van der Waals surface area contributed by atoms with Gasteiger partial charge in [0.15, 0.2) is 0 Å². The minimum absolute atomic E-state index is 0.155. The molecule has 3 amide bonds. The second kappa shape index (κ2) is 10.6. The smallest absolute Gasteiger partial charge is 0.261 e. The molecule has 8 heteroatoms. The number of nitrogens with one attached hydrogen (secondary N) is 3. The second-order valence-electron chi connectivity index (χ2n) is 6.42. The maximum absolute atomic E-state index is 12.2. The quantitative estimate of drug-likeness (QED) is 0.465. The molecule has 0 bridgehead atoms. The van der Waals surface area contributed by atoms with E-state index in [-0.39, 0.29) is 24.1 Å². The summed E-state index contributed by atoms with van der Waals surface area (Å²) in [5.74, 6) is -0.562. The third-order valence-corrected chi connectivity index (χ3v) is 5.27. The minimum Gasteiger partial charge on any atom is -0.350 e. The van der Waals surface area contributed by atoms with Crippen molar-refractivity contribution in [3.8, 4) is 0 Å². The number of carbonyl (C=O) groups is 3. The van der Waals surface area contributed by atoms with E-state index in [0.717, 1.165) is 5.56 Å². The SMILES string of the molecule is O=C(Cc1ccc(Cl)cc1)Nc1ccc(C(=O)NCCNC(=O)c2cccs2)cc1. The first-order valence-electron chi connectivity index (χ1n) is 9.25. The molecular weight excluding hydrogens is 422 g/mol. The van der Waals surface area contributed by atoms with Crippen LogP contribution in [0.1, 0.15) is 25.6 Å².